The van der Waals surface area contributed by atoms with Crippen LogP contribution in [0.5, 0.6) is 0 Å². The summed E-state index contributed by atoms with van der Waals surface area (Å²) in [7, 11) is -3.46. The van der Waals surface area contributed by atoms with E-state index in [4.69, 9.17) is 4.74 Å². The van der Waals surface area contributed by atoms with Crippen LogP contribution in [0.25, 0.3) is 0 Å². The van der Waals surface area contributed by atoms with Gasteiger partial charge in [-0.2, -0.15) is 4.31 Å². The number of carbonyl (C=O) groups excluding carboxylic acids is 1. The van der Waals surface area contributed by atoms with E-state index in [2.05, 4.69) is 0 Å². The molecule has 0 N–H and O–H groups in total. The van der Waals surface area contributed by atoms with Crippen molar-refractivity contribution in [2.24, 2.45) is 0 Å². The summed E-state index contributed by atoms with van der Waals surface area (Å²) in [5.41, 5.74) is 0. The summed E-state index contributed by atoms with van der Waals surface area (Å²) in [5, 5.41) is 1.58. The second-order valence-corrected chi connectivity index (χ2v) is 9.07. The summed E-state index contributed by atoms with van der Waals surface area (Å²) < 4.78 is 32.2. The molecule has 2 fully saturated rings. The predicted molar refractivity (Wildman–Crippen MR) is 88.2 cm³/mol. The van der Waals surface area contributed by atoms with Gasteiger partial charge in [-0.25, -0.2) is 8.42 Å². The first-order valence-electron chi connectivity index (χ1n) is 7.91. The van der Waals surface area contributed by atoms with Crippen molar-refractivity contribution in [2.45, 2.75) is 43.8 Å². The minimum Gasteiger partial charge on any atom is -0.372 e. The van der Waals surface area contributed by atoms with Gasteiger partial charge in [-0.05, 0) is 32.8 Å². The molecule has 2 saturated heterocycles. The van der Waals surface area contributed by atoms with Crippen molar-refractivity contribution < 1.29 is 17.9 Å². The summed E-state index contributed by atoms with van der Waals surface area (Å²) in [5.74, 6) is -0.111. The Balaban J connectivity index is 1.77. The minimum absolute atomic E-state index is 0.00420. The molecular weight excluding hydrogens is 336 g/mol. The second kappa shape index (κ2) is 6.51. The van der Waals surface area contributed by atoms with Gasteiger partial charge in [-0.15, -0.1) is 11.3 Å². The molecule has 3 heterocycles. The van der Waals surface area contributed by atoms with Crippen LogP contribution in [0.4, 0.5) is 0 Å². The maximum Gasteiger partial charge on any atom is 0.264 e. The number of thiophene rings is 1. The molecule has 6 nitrogen and oxygen atoms in total. The van der Waals surface area contributed by atoms with Gasteiger partial charge < -0.3 is 9.64 Å². The molecule has 23 heavy (non-hydrogen) atoms. The van der Waals surface area contributed by atoms with Crippen LogP contribution in [-0.4, -0.2) is 61.9 Å². The molecule has 1 amide bonds. The third-order valence-corrected chi connectivity index (χ3v) is 7.14. The number of hydrogen-bond donors (Lipinski definition) is 0. The van der Waals surface area contributed by atoms with E-state index >= 15 is 0 Å². The monoisotopic (exact) mass is 358 g/mol. The van der Waals surface area contributed by atoms with E-state index in [-0.39, 0.29) is 23.0 Å². The fourth-order valence-electron chi connectivity index (χ4n) is 3.14. The van der Waals surface area contributed by atoms with Crippen LogP contribution in [0, 0.1) is 0 Å². The van der Waals surface area contributed by atoms with E-state index in [1.807, 2.05) is 13.8 Å². The number of hydrogen-bond acceptors (Lipinski definition) is 5. The van der Waals surface area contributed by atoms with Crippen LogP contribution in [0.1, 0.15) is 36.4 Å². The summed E-state index contributed by atoms with van der Waals surface area (Å²) in [6.07, 6.45) is 1.79. The lowest BCUT2D eigenvalue weighted by Crippen LogP contribution is -2.48. The fourth-order valence-corrected chi connectivity index (χ4v) is 5.89. The summed E-state index contributed by atoms with van der Waals surface area (Å²) >= 11 is 1.20. The summed E-state index contributed by atoms with van der Waals surface area (Å²) in [4.78, 5) is 15.1. The van der Waals surface area contributed by atoms with Crippen molar-refractivity contribution in [1.29, 1.82) is 0 Å². The first kappa shape index (κ1) is 16.9. The van der Waals surface area contributed by atoms with Gasteiger partial charge in [0.15, 0.2) is 0 Å². The van der Waals surface area contributed by atoms with Crippen LogP contribution in [0.2, 0.25) is 0 Å². The number of morpholine rings is 1. The number of sulfonamides is 1. The van der Waals surface area contributed by atoms with Crippen LogP contribution in [0.3, 0.4) is 0 Å². The van der Waals surface area contributed by atoms with Gasteiger partial charge in [0.05, 0.1) is 22.0 Å². The van der Waals surface area contributed by atoms with Crippen LogP contribution < -0.4 is 0 Å². The fraction of sp³-hybridized carbons (Fsp3) is 0.667. The number of rotatable bonds is 3. The number of ether oxygens (including phenoxy) is 1. The van der Waals surface area contributed by atoms with Crippen LogP contribution in [-0.2, 0) is 14.8 Å². The molecule has 8 heteroatoms. The highest BCUT2D eigenvalue weighted by atomic mass is 32.2. The van der Waals surface area contributed by atoms with Crippen molar-refractivity contribution in [1.82, 2.24) is 9.21 Å². The Kier molecular flexibility index (Phi) is 4.78. The lowest BCUT2D eigenvalue weighted by molar-refractivity contribution is -0.0585. The van der Waals surface area contributed by atoms with E-state index in [1.165, 1.54) is 21.7 Å². The normalized spacial score (nSPS) is 26.6. The maximum atomic E-state index is 12.6. The molecule has 0 aliphatic carbocycles. The molecule has 0 bridgehead atoms. The summed E-state index contributed by atoms with van der Waals surface area (Å²) in [6, 6.07) is 1.52. The largest absolute Gasteiger partial charge is 0.372 e. The molecule has 3 rings (SSSR count). The molecular formula is C15H22N2O4S2. The van der Waals surface area contributed by atoms with E-state index in [9.17, 15) is 13.2 Å². The zero-order chi connectivity index (χ0) is 16.6. The Bertz CT molecular complexity index is 669. The maximum absolute atomic E-state index is 12.6. The van der Waals surface area contributed by atoms with Crippen LogP contribution >= 0.6 is 11.3 Å². The molecule has 0 spiro atoms. The highest BCUT2D eigenvalue weighted by Gasteiger charge is 2.31. The van der Waals surface area contributed by atoms with Gasteiger partial charge >= 0.3 is 0 Å². The summed E-state index contributed by atoms with van der Waals surface area (Å²) in [6.45, 7) is 6.09. The smallest absolute Gasteiger partial charge is 0.264 e. The van der Waals surface area contributed by atoms with E-state index < -0.39 is 10.0 Å². The molecule has 0 saturated carbocycles. The first-order chi connectivity index (χ1) is 10.9. The van der Waals surface area contributed by atoms with Crippen molar-refractivity contribution in [3.8, 4) is 0 Å². The molecule has 0 radical (unpaired) electrons. The Labute approximate surface area is 141 Å². The highest BCUT2D eigenvalue weighted by molar-refractivity contribution is 7.89. The molecule has 2 aliphatic heterocycles. The topological polar surface area (TPSA) is 66.9 Å². The number of nitrogens with zero attached hydrogens (tertiary/aromatic N) is 2. The zero-order valence-corrected chi connectivity index (χ0v) is 15.0. The van der Waals surface area contributed by atoms with Gasteiger partial charge in [0, 0.05) is 31.6 Å². The van der Waals surface area contributed by atoms with E-state index in [0.717, 1.165) is 12.8 Å². The van der Waals surface area contributed by atoms with Crippen LogP contribution in [0.15, 0.2) is 16.3 Å². The van der Waals surface area contributed by atoms with Crippen molar-refractivity contribution in [2.75, 3.05) is 26.2 Å². The first-order valence-corrected chi connectivity index (χ1v) is 10.2. The van der Waals surface area contributed by atoms with Gasteiger partial charge in [-0.3, -0.25) is 4.79 Å². The van der Waals surface area contributed by atoms with Crippen molar-refractivity contribution >= 4 is 27.3 Å². The average molecular weight is 358 g/mol. The Morgan fingerprint density at radius 1 is 1.22 bits per heavy atom. The third kappa shape index (κ3) is 3.45. The lowest BCUT2D eigenvalue weighted by Gasteiger charge is -2.35. The Hall–Kier alpha value is -0.960. The molecule has 2 aliphatic rings. The predicted octanol–water partition coefficient (Wildman–Crippen LogP) is 1.78. The van der Waals surface area contributed by atoms with E-state index in [0.29, 0.717) is 31.1 Å². The third-order valence-electron chi connectivity index (χ3n) is 4.20. The van der Waals surface area contributed by atoms with Crippen molar-refractivity contribution in [3.63, 3.8) is 0 Å². The quantitative estimate of drug-likeness (QED) is 0.826. The van der Waals surface area contributed by atoms with Gasteiger partial charge in [-0.1, -0.05) is 0 Å². The lowest BCUT2D eigenvalue weighted by atomic mass is 10.2. The Morgan fingerprint density at radius 2 is 1.83 bits per heavy atom. The van der Waals surface area contributed by atoms with Gasteiger partial charge in [0.2, 0.25) is 10.0 Å². The van der Waals surface area contributed by atoms with Crippen molar-refractivity contribution in [3.05, 3.63) is 16.3 Å². The Morgan fingerprint density at radius 3 is 2.43 bits per heavy atom. The minimum atomic E-state index is -3.46. The molecule has 128 valence electrons. The standard InChI is InChI=1S/C15H22N2O4S2/c1-11-8-16(9-12(2)21-11)15(18)14-7-13(10-22-14)23(19,20)17-5-3-4-6-17/h7,10-12H,3-6,8-9H2,1-2H3. The van der Waals surface area contributed by atoms with Gasteiger partial charge in [0.25, 0.3) is 5.91 Å². The number of amides is 1. The second-order valence-electron chi connectivity index (χ2n) is 6.23. The SMILES string of the molecule is CC1CN(C(=O)c2cc(S(=O)(=O)N3CCCC3)cs2)CC(C)O1. The molecule has 2 unspecified atom stereocenters. The zero-order valence-electron chi connectivity index (χ0n) is 13.4. The van der Waals surface area contributed by atoms with E-state index in [1.54, 1.807) is 10.3 Å². The molecule has 0 aromatic carbocycles. The number of carbonyl (C=O) groups is 1. The van der Waals surface area contributed by atoms with Gasteiger partial charge in [0.1, 0.15) is 0 Å². The highest BCUT2D eigenvalue weighted by Crippen LogP contribution is 2.27. The molecule has 1 aromatic rings. The molecule has 1 aromatic heterocycles. The molecule has 2 atom stereocenters. The average Bonchev–Trinajstić information content (AvgIpc) is 3.17.